The van der Waals surface area contributed by atoms with E-state index < -0.39 is 11.9 Å². The van der Waals surface area contributed by atoms with Crippen LogP contribution in [0.4, 0.5) is 4.39 Å². The van der Waals surface area contributed by atoms with Crippen LogP contribution in [0, 0.1) is 5.95 Å². The number of carboxylic acid groups (broad SMARTS) is 1. The summed E-state index contributed by atoms with van der Waals surface area (Å²) in [4.78, 5) is 41.4. The number of imidazole rings is 1. The van der Waals surface area contributed by atoms with Gasteiger partial charge in [0.2, 0.25) is 12.4 Å². The first-order valence-corrected chi connectivity index (χ1v) is 14.8. The van der Waals surface area contributed by atoms with Gasteiger partial charge in [-0.2, -0.15) is 4.39 Å². The third kappa shape index (κ3) is 6.53. The molecule has 1 fully saturated rings. The van der Waals surface area contributed by atoms with Gasteiger partial charge in [0.1, 0.15) is 5.65 Å². The standard InChI is InChI=1S/C29H31FN6O3.C2H6O.CH3NO/c1-4-35-15-20(27(30)33-35)25-23(18-11-9-17(10-12-18)16(2)13-22(37)38)24-26-21(14-31-28(24)32-25)34(3)29(39)36(26)19-7-5-6-8-19;1-3-2;2-1-3/h9-12,14-16,19H,4-8,13H2,1-3H3,(H,31,32)(H,37,38);1-2H3;1H,(H2,2,3). The van der Waals surface area contributed by atoms with Gasteiger partial charge in [-0.3, -0.25) is 23.4 Å². The number of hydrogen-bond acceptors (Lipinski definition) is 6. The van der Waals surface area contributed by atoms with Crippen molar-refractivity contribution in [2.24, 2.45) is 12.8 Å². The smallest absolute Gasteiger partial charge is 0.329 e. The van der Waals surface area contributed by atoms with E-state index in [-0.39, 0.29) is 30.5 Å². The zero-order valence-electron chi connectivity index (χ0n) is 26.2. The van der Waals surface area contributed by atoms with Crippen LogP contribution in [0.5, 0.6) is 0 Å². The summed E-state index contributed by atoms with van der Waals surface area (Å²) in [5.74, 6) is -1.60. The van der Waals surface area contributed by atoms with Crippen LogP contribution in [-0.2, 0) is 27.9 Å². The lowest BCUT2D eigenvalue weighted by Crippen LogP contribution is -2.24. The van der Waals surface area contributed by atoms with Gasteiger partial charge in [-0.15, -0.1) is 5.10 Å². The summed E-state index contributed by atoms with van der Waals surface area (Å²) in [6, 6.07) is 7.79. The number of pyridine rings is 1. The van der Waals surface area contributed by atoms with Gasteiger partial charge < -0.3 is 20.6 Å². The Hall–Kier alpha value is -4.78. The van der Waals surface area contributed by atoms with E-state index in [0.29, 0.717) is 23.4 Å². The Balaban J connectivity index is 0.000000713. The van der Waals surface area contributed by atoms with Gasteiger partial charge in [0.05, 0.1) is 40.3 Å². The van der Waals surface area contributed by atoms with Crippen molar-refractivity contribution in [1.29, 1.82) is 0 Å². The number of aryl methyl sites for hydroxylation is 2. The molecule has 1 unspecified atom stereocenters. The molecule has 12 nitrogen and oxygen atoms in total. The van der Waals surface area contributed by atoms with Crippen LogP contribution in [0.15, 0.2) is 41.5 Å². The molecular weight excluding hydrogens is 581 g/mol. The predicted molar refractivity (Wildman–Crippen MR) is 170 cm³/mol. The monoisotopic (exact) mass is 621 g/mol. The number of fused-ring (bicyclic) bond motifs is 3. The Morgan fingerprint density at radius 3 is 2.42 bits per heavy atom. The summed E-state index contributed by atoms with van der Waals surface area (Å²) in [7, 11) is 5.01. The van der Waals surface area contributed by atoms with E-state index in [1.54, 1.807) is 42.9 Å². The molecule has 0 aliphatic heterocycles. The summed E-state index contributed by atoms with van der Waals surface area (Å²) in [5, 5.41) is 14.0. The lowest BCUT2D eigenvalue weighted by atomic mass is 9.93. The molecule has 1 aliphatic rings. The van der Waals surface area contributed by atoms with Gasteiger partial charge >= 0.3 is 11.7 Å². The molecule has 1 atom stereocenters. The number of carboxylic acids is 1. The number of amides is 1. The number of nitrogens with two attached hydrogens (primary N) is 1. The summed E-state index contributed by atoms with van der Waals surface area (Å²) in [6.45, 7) is 4.30. The third-order valence-corrected chi connectivity index (χ3v) is 8.12. The first kappa shape index (κ1) is 33.1. The Morgan fingerprint density at radius 2 is 1.87 bits per heavy atom. The van der Waals surface area contributed by atoms with Crippen LogP contribution in [0.3, 0.4) is 0 Å². The average molecular weight is 622 g/mol. The zero-order chi connectivity index (χ0) is 32.8. The number of primary amides is 1. The highest BCUT2D eigenvalue weighted by molar-refractivity contribution is 6.14. The van der Waals surface area contributed by atoms with Gasteiger partial charge in [-0.05, 0) is 36.8 Å². The largest absolute Gasteiger partial charge is 0.481 e. The number of H-pyrrole nitrogens is 1. The number of aromatic amines is 1. The zero-order valence-corrected chi connectivity index (χ0v) is 26.2. The van der Waals surface area contributed by atoms with Gasteiger partial charge in [-0.25, -0.2) is 9.78 Å². The normalized spacial score (nSPS) is 13.7. The highest BCUT2D eigenvalue weighted by Crippen LogP contribution is 2.43. The number of nitrogens with zero attached hydrogens (tertiary/aromatic N) is 5. The summed E-state index contributed by atoms with van der Waals surface area (Å²) < 4.78 is 24.6. The average Bonchev–Trinajstić information content (AvgIpc) is 3.79. The lowest BCUT2D eigenvalue weighted by Gasteiger charge is -2.13. The van der Waals surface area contributed by atoms with Crippen molar-refractivity contribution in [2.45, 2.75) is 64.5 Å². The SMILES string of the molecule is CCn1cc(-c2[nH]c3ncc4c(c3c2-c2ccc(C(C)CC(=O)O)cc2)n(C2CCCC2)c(=O)n4C)c(F)n1.COC.NC=O. The van der Waals surface area contributed by atoms with E-state index in [0.717, 1.165) is 58.8 Å². The summed E-state index contributed by atoms with van der Waals surface area (Å²) in [6.07, 6.45) is 7.68. The number of aliphatic carboxylic acids is 1. The molecule has 5 aromatic rings. The summed E-state index contributed by atoms with van der Waals surface area (Å²) in [5.41, 5.74) is 9.50. The molecule has 0 bridgehead atoms. The van der Waals surface area contributed by atoms with Crippen molar-refractivity contribution in [3.8, 4) is 22.4 Å². The van der Waals surface area contributed by atoms with Crippen LogP contribution in [0.1, 0.15) is 63.5 Å². The maximum atomic E-state index is 15.2. The molecule has 1 aliphatic carbocycles. The molecule has 1 saturated carbocycles. The molecular formula is C32H40FN7O5. The number of carbonyl (C=O) groups excluding carboxylic acids is 1. The third-order valence-electron chi connectivity index (χ3n) is 8.12. The van der Waals surface area contributed by atoms with Gasteiger partial charge in [-0.1, -0.05) is 44.0 Å². The molecule has 240 valence electrons. The van der Waals surface area contributed by atoms with Crippen LogP contribution >= 0.6 is 0 Å². The summed E-state index contributed by atoms with van der Waals surface area (Å²) >= 11 is 0. The highest BCUT2D eigenvalue weighted by atomic mass is 19.1. The van der Waals surface area contributed by atoms with Crippen LogP contribution in [0.2, 0.25) is 0 Å². The molecule has 0 saturated heterocycles. The Labute approximate surface area is 259 Å². The minimum atomic E-state index is -0.851. The van der Waals surface area contributed by atoms with E-state index in [1.165, 1.54) is 0 Å². The first-order valence-electron chi connectivity index (χ1n) is 14.8. The number of aromatic nitrogens is 6. The molecule has 4 aromatic heterocycles. The molecule has 0 spiro atoms. The molecule has 4 N–H and O–H groups in total. The number of benzene rings is 1. The molecule has 0 radical (unpaired) electrons. The molecule has 1 aromatic carbocycles. The number of methoxy groups -OCH3 is 1. The molecule has 45 heavy (non-hydrogen) atoms. The number of halogens is 1. The number of carbonyl (C=O) groups is 2. The second kappa shape index (κ2) is 14.3. The molecule has 1 amide bonds. The van der Waals surface area contributed by atoms with E-state index in [1.807, 2.05) is 42.7 Å². The van der Waals surface area contributed by atoms with Crippen LogP contribution < -0.4 is 11.4 Å². The number of rotatable bonds is 7. The Bertz CT molecular complexity index is 1850. The number of nitrogens with one attached hydrogen (secondary N) is 1. The van der Waals surface area contributed by atoms with Gasteiger partial charge in [0.25, 0.3) is 0 Å². The fourth-order valence-corrected chi connectivity index (χ4v) is 6.06. The highest BCUT2D eigenvalue weighted by Gasteiger charge is 2.28. The first-order chi connectivity index (χ1) is 21.6. The van der Waals surface area contributed by atoms with Crippen molar-refractivity contribution in [3.63, 3.8) is 0 Å². The maximum Gasteiger partial charge on any atom is 0.329 e. The minimum Gasteiger partial charge on any atom is -0.481 e. The molecule has 4 heterocycles. The Morgan fingerprint density at radius 1 is 1.24 bits per heavy atom. The second-order valence-electron chi connectivity index (χ2n) is 11.1. The van der Waals surface area contributed by atoms with Crippen molar-refractivity contribution in [2.75, 3.05) is 14.2 Å². The van der Waals surface area contributed by atoms with Crippen LogP contribution in [0.25, 0.3) is 44.5 Å². The predicted octanol–water partition coefficient (Wildman–Crippen LogP) is 4.96. The van der Waals surface area contributed by atoms with E-state index in [2.05, 4.69) is 25.5 Å². The van der Waals surface area contributed by atoms with Crippen molar-refractivity contribution >= 4 is 34.4 Å². The van der Waals surface area contributed by atoms with E-state index in [9.17, 15) is 14.7 Å². The maximum absolute atomic E-state index is 15.2. The van der Waals surface area contributed by atoms with Crippen LogP contribution in [-0.4, -0.2) is 60.6 Å². The van der Waals surface area contributed by atoms with Crippen molar-refractivity contribution in [3.05, 3.63) is 58.7 Å². The fourth-order valence-electron chi connectivity index (χ4n) is 6.06. The quantitative estimate of drug-likeness (QED) is 0.216. The number of hydrogen-bond donors (Lipinski definition) is 3. The molecule has 13 heteroatoms. The molecule has 6 rings (SSSR count). The van der Waals surface area contributed by atoms with E-state index in [4.69, 9.17) is 4.79 Å². The minimum absolute atomic E-state index is 0.0291. The lowest BCUT2D eigenvalue weighted by molar-refractivity contribution is -0.137. The topological polar surface area (TPSA) is 163 Å². The van der Waals surface area contributed by atoms with Crippen molar-refractivity contribution in [1.82, 2.24) is 28.9 Å². The second-order valence-corrected chi connectivity index (χ2v) is 11.1. The fraction of sp³-hybridized carbons (Fsp3) is 0.406. The van der Waals surface area contributed by atoms with Gasteiger partial charge in [0, 0.05) is 45.6 Å². The van der Waals surface area contributed by atoms with Gasteiger partial charge in [0.15, 0.2) is 0 Å². The number of ether oxygens (including phenoxy) is 1. The van der Waals surface area contributed by atoms with Crippen molar-refractivity contribution < 1.29 is 23.8 Å². The van der Waals surface area contributed by atoms with E-state index >= 15 is 4.39 Å². The Kier molecular flexibility index (Phi) is 10.6.